The van der Waals surface area contributed by atoms with Crippen LogP contribution in [0.4, 0.5) is 0 Å². The summed E-state index contributed by atoms with van der Waals surface area (Å²) in [5.74, 6) is 0.892. The first-order valence-corrected chi connectivity index (χ1v) is 8.77. The zero-order valence-corrected chi connectivity index (χ0v) is 13.9. The van der Waals surface area contributed by atoms with E-state index in [0.29, 0.717) is 6.54 Å². The van der Waals surface area contributed by atoms with Crippen LogP contribution >= 0.6 is 11.8 Å². The van der Waals surface area contributed by atoms with E-state index in [4.69, 9.17) is 5.73 Å². The lowest BCUT2D eigenvalue weighted by Crippen LogP contribution is -2.41. The zero-order chi connectivity index (χ0) is 15.5. The second-order valence-electron chi connectivity index (χ2n) is 5.26. The minimum Gasteiger partial charge on any atom is -0.355 e. The summed E-state index contributed by atoms with van der Waals surface area (Å²) in [5.41, 5.74) is 7.12. The van der Waals surface area contributed by atoms with Crippen LogP contribution in [0.3, 0.4) is 0 Å². The number of hydrogen-bond acceptors (Lipinski definition) is 4. The highest BCUT2D eigenvalue weighted by Gasteiger charge is 2.11. The van der Waals surface area contributed by atoms with Crippen molar-refractivity contribution in [3.8, 4) is 0 Å². The van der Waals surface area contributed by atoms with E-state index in [1.807, 2.05) is 12.3 Å². The Morgan fingerprint density at radius 3 is 2.76 bits per heavy atom. The number of thioether (sulfide) groups is 1. The second kappa shape index (κ2) is 10.7. The quantitative estimate of drug-likeness (QED) is 0.646. The molecule has 1 rings (SSSR count). The van der Waals surface area contributed by atoms with Crippen molar-refractivity contribution in [2.75, 3.05) is 32.1 Å². The maximum absolute atomic E-state index is 11.7. The maximum atomic E-state index is 11.7. The van der Waals surface area contributed by atoms with Crippen LogP contribution < -0.4 is 11.1 Å². The first-order chi connectivity index (χ1) is 10.1. The molecular formula is C16H27N3OS. The fourth-order valence-electron chi connectivity index (χ4n) is 2.04. The summed E-state index contributed by atoms with van der Waals surface area (Å²) < 4.78 is 0. The van der Waals surface area contributed by atoms with Crippen molar-refractivity contribution >= 4 is 17.7 Å². The molecule has 0 aliphatic carbocycles. The molecule has 1 aromatic carbocycles. The Hall–Kier alpha value is -1.04. The second-order valence-corrected chi connectivity index (χ2v) is 6.24. The Labute approximate surface area is 132 Å². The summed E-state index contributed by atoms with van der Waals surface area (Å²) in [4.78, 5) is 14.0. The summed E-state index contributed by atoms with van der Waals surface area (Å²) in [7, 11) is 2.10. The molecule has 1 atom stereocenters. The standard InChI is InChI=1S/C16H27N3OS/c1-19(13-14-7-4-3-5-8-14)11-6-10-18-16(20)15(17)9-12-21-2/h3-5,7-8,15H,6,9-13,17H2,1-2H3,(H,18,20)/t15-/m1/s1. The van der Waals surface area contributed by atoms with Crippen molar-refractivity contribution in [2.24, 2.45) is 5.73 Å². The number of hydrogen-bond donors (Lipinski definition) is 2. The fraction of sp³-hybridized carbons (Fsp3) is 0.562. The Kier molecular flexibility index (Phi) is 9.14. The van der Waals surface area contributed by atoms with Crippen LogP contribution in [0.5, 0.6) is 0 Å². The van der Waals surface area contributed by atoms with Gasteiger partial charge in [0.15, 0.2) is 0 Å². The predicted octanol–water partition coefficient (Wildman–Crippen LogP) is 1.71. The lowest BCUT2D eigenvalue weighted by Gasteiger charge is -2.17. The van der Waals surface area contributed by atoms with Gasteiger partial charge in [0.2, 0.25) is 5.91 Å². The van der Waals surface area contributed by atoms with Crippen LogP contribution in [-0.4, -0.2) is 49.0 Å². The molecule has 0 bridgehead atoms. The number of carbonyl (C=O) groups excluding carboxylic acids is 1. The number of amides is 1. The van der Waals surface area contributed by atoms with Gasteiger partial charge in [-0.3, -0.25) is 4.79 Å². The molecule has 5 heteroatoms. The first-order valence-electron chi connectivity index (χ1n) is 7.38. The lowest BCUT2D eigenvalue weighted by molar-refractivity contribution is -0.122. The summed E-state index contributed by atoms with van der Waals surface area (Å²) in [6.45, 7) is 2.57. The number of benzene rings is 1. The van der Waals surface area contributed by atoms with E-state index in [-0.39, 0.29) is 11.9 Å². The fourth-order valence-corrected chi connectivity index (χ4v) is 2.53. The number of rotatable bonds is 10. The first kappa shape index (κ1) is 18.0. The molecule has 0 aliphatic heterocycles. The van der Waals surface area contributed by atoms with Crippen LogP contribution in [-0.2, 0) is 11.3 Å². The SMILES string of the molecule is CSCC[C@@H](N)C(=O)NCCCN(C)Cc1ccccc1. The highest BCUT2D eigenvalue weighted by Crippen LogP contribution is 2.03. The molecule has 4 nitrogen and oxygen atoms in total. The van der Waals surface area contributed by atoms with Crippen molar-refractivity contribution in [3.63, 3.8) is 0 Å². The maximum Gasteiger partial charge on any atom is 0.236 e. The Morgan fingerprint density at radius 2 is 2.10 bits per heavy atom. The molecule has 3 N–H and O–H groups in total. The molecular weight excluding hydrogens is 282 g/mol. The molecule has 1 amide bonds. The van der Waals surface area contributed by atoms with Crippen LogP contribution in [0.15, 0.2) is 30.3 Å². The van der Waals surface area contributed by atoms with Gasteiger partial charge in [-0.25, -0.2) is 0 Å². The van der Waals surface area contributed by atoms with Gasteiger partial charge in [0, 0.05) is 13.1 Å². The third kappa shape index (κ3) is 8.09. The van der Waals surface area contributed by atoms with E-state index >= 15 is 0 Å². The van der Waals surface area contributed by atoms with Gasteiger partial charge in [-0.15, -0.1) is 0 Å². The molecule has 0 aromatic heterocycles. The minimum atomic E-state index is -0.375. The van der Waals surface area contributed by atoms with Crippen molar-refractivity contribution in [1.29, 1.82) is 0 Å². The van der Waals surface area contributed by atoms with E-state index in [0.717, 1.165) is 31.7 Å². The molecule has 0 spiro atoms. The van der Waals surface area contributed by atoms with Crippen LogP contribution in [0.1, 0.15) is 18.4 Å². The van der Waals surface area contributed by atoms with Gasteiger partial charge in [-0.05, 0) is 44.0 Å². The number of nitrogens with one attached hydrogen (secondary N) is 1. The summed E-state index contributed by atoms with van der Waals surface area (Å²) in [6.07, 6.45) is 3.69. The molecule has 0 unspecified atom stereocenters. The lowest BCUT2D eigenvalue weighted by atomic mass is 10.2. The third-order valence-corrected chi connectivity index (χ3v) is 3.92. The van der Waals surface area contributed by atoms with Gasteiger partial charge in [0.1, 0.15) is 0 Å². The van der Waals surface area contributed by atoms with Gasteiger partial charge >= 0.3 is 0 Å². The van der Waals surface area contributed by atoms with Crippen molar-refractivity contribution < 1.29 is 4.79 Å². The van der Waals surface area contributed by atoms with Crippen LogP contribution in [0.2, 0.25) is 0 Å². The molecule has 1 aromatic rings. The van der Waals surface area contributed by atoms with Gasteiger partial charge in [0.25, 0.3) is 0 Å². The smallest absolute Gasteiger partial charge is 0.236 e. The average molecular weight is 309 g/mol. The van der Waals surface area contributed by atoms with Gasteiger partial charge in [-0.2, -0.15) is 11.8 Å². The molecule has 21 heavy (non-hydrogen) atoms. The van der Waals surface area contributed by atoms with E-state index in [9.17, 15) is 4.79 Å². The van der Waals surface area contributed by atoms with Gasteiger partial charge < -0.3 is 16.0 Å². The normalized spacial score (nSPS) is 12.4. The van der Waals surface area contributed by atoms with E-state index in [2.05, 4.69) is 41.5 Å². The molecule has 0 fully saturated rings. The largest absolute Gasteiger partial charge is 0.355 e. The molecule has 0 saturated heterocycles. The van der Waals surface area contributed by atoms with Crippen LogP contribution in [0.25, 0.3) is 0 Å². The van der Waals surface area contributed by atoms with Gasteiger partial charge in [-0.1, -0.05) is 30.3 Å². The Morgan fingerprint density at radius 1 is 1.38 bits per heavy atom. The number of carbonyl (C=O) groups is 1. The van der Waals surface area contributed by atoms with Gasteiger partial charge in [0.05, 0.1) is 6.04 Å². The number of nitrogens with two attached hydrogens (primary N) is 1. The highest BCUT2D eigenvalue weighted by molar-refractivity contribution is 7.98. The average Bonchev–Trinajstić information content (AvgIpc) is 2.49. The highest BCUT2D eigenvalue weighted by atomic mass is 32.2. The van der Waals surface area contributed by atoms with E-state index in [1.54, 1.807) is 11.8 Å². The number of nitrogens with zero attached hydrogens (tertiary/aromatic N) is 1. The van der Waals surface area contributed by atoms with Crippen molar-refractivity contribution in [2.45, 2.75) is 25.4 Å². The topological polar surface area (TPSA) is 58.4 Å². The molecule has 0 heterocycles. The molecule has 0 aliphatic rings. The van der Waals surface area contributed by atoms with Crippen molar-refractivity contribution in [1.82, 2.24) is 10.2 Å². The van der Waals surface area contributed by atoms with E-state index in [1.165, 1.54) is 5.56 Å². The predicted molar refractivity (Wildman–Crippen MR) is 91.4 cm³/mol. The Bertz CT molecular complexity index is 400. The minimum absolute atomic E-state index is 0.0326. The van der Waals surface area contributed by atoms with E-state index < -0.39 is 0 Å². The molecule has 0 radical (unpaired) electrons. The monoisotopic (exact) mass is 309 g/mol. The molecule has 118 valence electrons. The molecule has 0 saturated carbocycles. The summed E-state index contributed by atoms with van der Waals surface area (Å²) in [6, 6.07) is 10.0. The third-order valence-electron chi connectivity index (χ3n) is 3.28. The Balaban J connectivity index is 2.11. The van der Waals surface area contributed by atoms with Crippen molar-refractivity contribution in [3.05, 3.63) is 35.9 Å². The summed E-state index contributed by atoms with van der Waals surface area (Å²) >= 11 is 1.71. The summed E-state index contributed by atoms with van der Waals surface area (Å²) in [5, 5.41) is 2.91. The van der Waals surface area contributed by atoms with Crippen LogP contribution in [0, 0.1) is 0 Å². The zero-order valence-electron chi connectivity index (χ0n) is 13.0.